The molecule has 1 aromatic carbocycles. The van der Waals surface area contributed by atoms with Crippen molar-refractivity contribution in [3.8, 4) is 5.75 Å². The summed E-state index contributed by atoms with van der Waals surface area (Å²) in [6.07, 6.45) is 2.48. The Labute approximate surface area is 187 Å². The van der Waals surface area contributed by atoms with Gasteiger partial charge in [0.1, 0.15) is 17.4 Å². The number of nitrogens with zero attached hydrogens (tertiary/aromatic N) is 3. The SMILES string of the molecule is CCc1nc(N2CCC(C(=O)NC(C)c3ccc(OC)cc3)CC2)c2c(C)scc2n1. The number of benzene rings is 1. The van der Waals surface area contributed by atoms with E-state index in [4.69, 9.17) is 9.72 Å². The molecule has 2 aromatic heterocycles. The molecule has 164 valence electrons. The molecule has 1 aliphatic heterocycles. The third kappa shape index (κ3) is 4.51. The minimum absolute atomic E-state index is 0.0292. The topological polar surface area (TPSA) is 67.4 Å². The highest BCUT2D eigenvalue weighted by atomic mass is 32.1. The van der Waals surface area contributed by atoms with Gasteiger partial charge in [0.15, 0.2) is 0 Å². The van der Waals surface area contributed by atoms with E-state index < -0.39 is 0 Å². The van der Waals surface area contributed by atoms with Gasteiger partial charge in [0.25, 0.3) is 0 Å². The first-order valence-corrected chi connectivity index (χ1v) is 11.8. The largest absolute Gasteiger partial charge is 0.497 e. The standard InChI is InChI=1S/C24H30N4O2S/c1-5-21-26-20-14-31-16(3)22(20)23(27-21)28-12-10-18(11-13-28)24(29)25-15(2)17-6-8-19(30-4)9-7-17/h6-9,14-15,18H,5,10-13H2,1-4H3,(H,25,29). The normalized spacial score (nSPS) is 15.8. The minimum Gasteiger partial charge on any atom is -0.497 e. The van der Waals surface area contributed by atoms with Crippen molar-refractivity contribution in [2.45, 2.75) is 46.1 Å². The summed E-state index contributed by atoms with van der Waals surface area (Å²) in [6, 6.07) is 7.83. The Balaban J connectivity index is 1.41. The van der Waals surface area contributed by atoms with Crippen LogP contribution in [0.25, 0.3) is 10.9 Å². The third-order valence-electron chi connectivity index (χ3n) is 6.12. The van der Waals surface area contributed by atoms with Gasteiger partial charge in [-0.05, 0) is 44.4 Å². The van der Waals surface area contributed by atoms with Crippen LogP contribution in [-0.2, 0) is 11.2 Å². The quantitative estimate of drug-likeness (QED) is 0.606. The molecule has 1 saturated heterocycles. The molecule has 1 unspecified atom stereocenters. The lowest BCUT2D eigenvalue weighted by Crippen LogP contribution is -2.41. The Morgan fingerprint density at radius 3 is 2.61 bits per heavy atom. The van der Waals surface area contributed by atoms with E-state index in [0.717, 1.165) is 60.8 Å². The van der Waals surface area contributed by atoms with Crippen LogP contribution in [0.1, 0.15) is 49.0 Å². The predicted octanol–water partition coefficient (Wildman–Crippen LogP) is 4.66. The number of rotatable bonds is 6. The molecule has 6 nitrogen and oxygen atoms in total. The number of aromatic nitrogens is 2. The number of ether oxygens (including phenoxy) is 1. The molecule has 3 aromatic rings. The molecular weight excluding hydrogens is 408 g/mol. The minimum atomic E-state index is -0.0292. The summed E-state index contributed by atoms with van der Waals surface area (Å²) in [5.41, 5.74) is 2.12. The predicted molar refractivity (Wildman–Crippen MR) is 126 cm³/mol. The van der Waals surface area contributed by atoms with Crippen LogP contribution >= 0.6 is 11.3 Å². The van der Waals surface area contributed by atoms with Crippen molar-refractivity contribution >= 4 is 34.0 Å². The van der Waals surface area contributed by atoms with Crippen molar-refractivity contribution in [2.75, 3.05) is 25.1 Å². The second-order valence-electron chi connectivity index (χ2n) is 8.13. The Bertz CT molecular complexity index is 1060. The average Bonchev–Trinajstić information content (AvgIpc) is 3.19. The number of thiophene rings is 1. The molecular formula is C24H30N4O2S. The molecule has 4 rings (SSSR count). The Morgan fingerprint density at radius 1 is 1.26 bits per heavy atom. The molecule has 1 amide bonds. The second-order valence-corrected chi connectivity index (χ2v) is 9.22. The lowest BCUT2D eigenvalue weighted by Gasteiger charge is -2.33. The van der Waals surface area contributed by atoms with Crippen molar-refractivity contribution in [3.05, 3.63) is 45.9 Å². The molecule has 1 atom stereocenters. The van der Waals surface area contributed by atoms with Crippen LogP contribution < -0.4 is 15.0 Å². The van der Waals surface area contributed by atoms with Crippen molar-refractivity contribution in [1.29, 1.82) is 0 Å². The van der Waals surface area contributed by atoms with Gasteiger partial charge < -0.3 is 15.0 Å². The number of nitrogens with one attached hydrogen (secondary N) is 1. The Hall–Kier alpha value is -2.67. The van der Waals surface area contributed by atoms with E-state index in [1.165, 1.54) is 10.3 Å². The van der Waals surface area contributed by atoms with Crippen LogP contribution in [0.15, 0.2) is 29.6 Å². The van der Waals surface area contributed by atoms with Gasteiger partial charge >= 0.3 is 0 Å². The van der Waals surface area contributed by atoms with Gasteiger partial charge in [-0.15, -0.1) is 11.3 Å². The highest BCUT2D eigenvalue weighted by Crippen LogP contribution is 2.33. The van der Waals surface area contributed by atoms with Gasteiger partial charge in [0, 0.05) is 35.7 Å². The first-order valence-electron chi connectivity index (χ1n) is 10.9. The van der Waals surface area contributed by atoms with Crippen LogP contribution in [0.5, 0.6) is 5.75 Å². The molecule has 1 fully saturated rings. The molecule has 3 heterocycles. The van der Waals surface area contributed by atoms with Crippen molar-refractivity contribution in [2.24, 2.45) is 5.92 Å². The molecule has 31 heavy (non-hydrogen) atoms. The molecule has 0 spiro atoms. The highest BCUT2D eigenvalue weighted by molar-refractivity contribution is 7.11. The van der Waals surface area contributed by atoms with Gasteiger partial charge in [-0.25, -0.2) is 9.97 Å². The van der Waals surface area contributed by atoms with E-state index >= 15 is 0 Å². The summed E-state index contributed by atoms with van der Waals surface area (Å²) < 4.78 is 5.21. The molecule has 0 saturated carbocycles. The number of carbonyl (C=O) groups is 1. The van der Waals surface area contributed by atoms with Gasteiger partial charge in [0.2, 0.25) is 5.91 Å². The van der Waals surface area contributed by atoms with E-state index in [9.17, 15) is 4.79 Å². The number of anilines is 1. The fourth-order valence-corrected chi connectivity index (χ4v) is 4.96. The average molecular weight is 439 g/mol. The van der Waals surface area contributed by atoms with Crippen LogP contribution in [0.3, 0.4) is 0 Å². The summed E-state index contributed by atoms with van der Waals surface area (Å²) in [6.45, 7) is 7.91. The van der Waals surface area contributed by atoms with Crippen LogP contribution in [0.2, 0.25) is 0 Å². The number of carbonyl (C=O) groups excluding carboxylic acids is 1. The lowest BCUT2D eigenvalue weighted by molar-refractivity contribution is -0.126. The maximum Gasteiger partial charge on any atom is 0.223 e. The second kappa shape index (κ2) is 9.22. The molecule has 7 heteroatoms. The van der Waals surface area contributed by atoms with E-state index in [2.05, 4.69) is 34.4 Å². The van der Waals surface area contributed by atoms with Gasteiger partial charge in [-0.2, -0.15) is 0 Å². The van der Waals surface area contributed by atoms with E-state index in [0.29, 0.717) is 0 Å². The van der Waals surface area contributed by atoms with Crippen LogP contribution in [0, 0.1) is 12.8 Å². The number of fused-ring (bicyclic) bond motifs is 1. The zero-order valence-corrected chi connectivity index (χ0v) is 19.5. The fourth-order valence-electron chi connectivity index (χ4n) is 4.19. The van der Waals surface area contributed by atoms with Gasteiger partial charge in [-0.3, -0.25) is 4.79 Å². The Morgan fingerprint density at radius 2 is 1.97 bits per heavy atom. The number of hydrogen-bond acceptors (Lipinski definition) is 6. The molecule has 1 aliphatic rings. The highest BCUT2D eigenvalue weighted by Gasteiger charge is 2.28. The van der Waals surface area contributed by atoms with Crippen molar-refractivity contribution in [1.82, 2.24) is 15.3 Å². The van der Waals surface area contributed by atoms with Crippen molar-refractivity contribution < 1.29 is 9.53 Å². The van der Waals surface area contributed by atoms with Crippen LogP contribution in [-0.4, -0.2) is 36.1 Å². The zero-order chi connectivity index (χ0) is 22.0. The van der Waals surface area contributed by atoms with E-state index in [-0.39, 0.29) is 17.9 Å². The van der Waals surface area contributed by atoms with Crippen molar-refractivity contribution in [3.63, 3.8) is 0 Å². The van der Waals surface area contributed by atoms with Crippen LogP contribution in [0.4, 0.5) is 5.82 Å². The number of methoxy groups -OCH3 is 1. The van der Waals surface area contributed by atoms with E-state index in [1.54, 1.807) is 18.4 Å². The monoisotopic (exact) mass is 438 g/mol. The third-order valence-corrected chi connectivity index (χ3v) is 7.02. The first-order chi connectivity index (χ1) is 15.0. The summed E-state index contributed by atoms with van der Waals surface area (Å²) in [5.74, 6) is 2.90. The number of aryl methyl sites for hydroxylation is 2. The molecule has 0 radical (unpaired) electrons. The lowest BCUT2D eigenvalue weighted by atomic mass is 9.95. The molecule has 0 aliphatic carbocycles. The van der Waals surface area contributed by atoms with E-state index in [1.807, 2.05) is 31.2 Å². The summed E-state index contributed by atoms with van der Waals surface area (Å²) in [5, 5.41) is 6.47. The zero-order valence-electron chi connectivity index (χ0n) is 18.6. The Kier molecular flexibility index (Phi) is 6.41. The fraction of sp³-hybridized carbons (Fsp3) is 0.458. The summed E-state index contributed by atoms with van der Waals surface area (Å²) in [7, 11) is 1.65. The maximum atomic E-state index is 12.9. The first kappa shape index (κ1) is 21.6. The number of hydrogen-bond donors (Lipinski definition) is 1. The molecule has 0 bridgehead atoms. The van der Waals surface area contributed by atoms with Gasteiger partial charge in [0.05, 0.1) is 24.1 Å². The number of amides is 1. The smallest absolute Gasteiger partial charge is 0.223 e. The number of piperidine rings is 1. The van der Waals surface area contributed by atoms with Gasteiger partial charge in [-0.1, -0.05) is 19.1 Å². The summed E-state index contributed by atoms with van der Waals surface area (Å²) >= 11 is 1.73. The molecule has 1 N–H and O–H groups in total. The summed E-state index contributed by atoms with van der Waals surface area (Å²) in [4.78, 5) is 26.0. The maximum absolute atomic E-state index is 12.9.